The lowest BCUT2D eigenvalue weighted by Gasteiger charge is -2.37. The van der Waals surface area contributed by atoms with Gasteiger partial charge in [-0.1, -0.05) is 37.3 Å². The van der Waals surface area contributed by atoms with Gasteiger partial charge in [-0.25, -0.2) is 0 Å². The molecule has 1 N–H and O–H groups in total. The van der Waals surface area contributed by atoms with Gasteiger partial charge in [-0.15, -0.1) is 0 Å². The third-order valence-electron chi connectivity index (χ3n) is 5.07. The van der Waals surface area contributed by atoms with Gasteiger partial charge in [0, 0.05) is 0 Å². The van der Waals surface area contributed by atoms with E-state index in [1.807, 2.05) is 30.3 Å². The minimum atomic E-state index is -0.969. The zero-order valence-corrected chi connectivity index (χ0v) is 12.5. The first-order valence-corrected chi connectivity index (χ1v) is 7.53. The maximum absolute atomic E-state index is 12.7. The summed E-state index contributed by atoms with van der Waals surface area (Å²) >= 11 is 0. The van der Waals surface area contributed by atoms with Crippen LogP contribution in [0.3, 0.4) is 0 Å². The molecule has 4 heteroatoms. The van der Waals surface area contributed by atoms with Crippen LogP contribution in [0.25, 0.3) is 0 Å². The van der Waals surface area contributed by atoms with Crippen LogP contribution in [0, 0.1) is 17.8 Å². The molecule has 1 saturated carbocycles. The van der Waals surface area contributed by atoms with E-state index in [9.17, 15) is 14.7 Å². The molecular formula is C17H21NO3. The SMILES string of the molecule is CC1CC2C(=O)N(C(C)(CO)c3ccccc3)C(=O)C2C1. The van der Waals surface area contributed by atoms with Gasteiger partial charge in [-0.2, -0.15) is 0 Å². The van der Waals surface area contributed by atoms with Crippen LogP contribution in [0.5, 0.6) is 0 Å². The topological polar surface area (TPSA) is 57.6 Å². The van der Waals surface area contributed by atoms with Crippen molar-refractivity contribution < 1.29 is 14.7 Å². The summed E-state index contributed by atoms with van der Waals surface area (Å²) in [6, 6.07) is 9.31. The first kappa shape index (κ1) is 14.3. The molecule has 0 radical (unpaired) electrons. The Bertz CT molecular complexity index is 547. The molecule has 1 aromatic rings. The standard InChI is InChI=1S/C17H21NO3/c1-11-8-13-14(9-11)16(21)18(15(13)20)17(2,10-19)12-6-4-3-5-7-12/h3-7,11,13-14,19H,8-10H2,1-2H3. The van der Waals surface area contributed by atoms with Gasteiger partial charge < -0.3 is 5.11 Å². The lowest BCUT2D eigenvalue weighted by Crippen LogP contribution is -2.50. The van der Waals surface area contributed by atoms with Crippen LogP contribution in [0.1, 0.15) is 32.3 Å². The molecule has 1 saturated heterocycles. The second-order valence-corrected chi connectivity index (χ2v) is 6.60. The summed E-state index contributed by atoms with van der Waals surface area (Å²) in [5.74, 6) is -0.194. The summed E-state index contributed by atoms with van der Waals surface area (Å²) in [6.45, 7) is 3.59. The molecule has 0 aromatic heterocycles. The molecule has 0 bridgehead atoms. The molecule has 0 spiro atoms. The molecule has 1 heterocycles. The lowest BCUT2D eigenvalue weighted by molar-refractivity contribution is -0.149. The number of aliphatic hydroxyl groups is 1. The predicted octanol–water partition coefficient (Wildman–Crippen LogP) is 1.93. The van der Waals surface area contributed by atoms with E-state index in [2.05, 4.69) is 6.92 Å². The van der Waals surface area contributed by atoms with E-state index < -0.39 is 5.54 Å². The van der Waals surface area contributed by atoms with Crippen LogP contribution in [0.4, 0.5) is 0 Å². The largest absolute Gasteiger partial charge is 0.394 e. The van der Waals surface area contributed by atoms with E-state index in [0.717, 1.165) is 18.4 Å². The van der Waals surface area contributed by atoms with Gasteiger partial charge in [-0.05, 0) is 31.2 Å². The summed E-state index contributed by atoms with van der Waals surface area (Å²) in [4.78, 5) is 26.8. The van der Waals surface area contributed by atoms with Crippen LogP contribution < -0.4 is 0 Å². The lowest BCUT2D eigenvalue weighted by atomic mass is 9.90. The van der Waals surface area contributed by atoms with Gasteiger partial charge in [0.2, 0.25) is 11.8 Å². The van der Waals surface area contributed by atoms with Crippen molar-refractivity contribution in [2.75, 3.05) is 6.61 Å². The number of rotatable bonds is 3. The number of carbonyl (C=O) groups is 2. The van der Waals surface area contributed by atoms with Crippen molar-refractivity contribution in [1.82, 2.24) is 4.90 Å². The fourth-order valence-corrected chi connectivity index (χ4v) is 3.85. The number of hydrogen-bond donors (Lipinski definition) is 1. The monoisotopic (exact) mass is 287 g/mol. The Morgan fingerprint density at radius 1 is 1.14 bits per heavy atom. The molecule has 112 valence electrons. The number of fused-ring (bicyclic) bond motifs is 1. The molecule has 1 aromatic carbocycles. The summed E-state index contributed by atoms with van der Waals surface area (Å²) < 4.78 is 0. The van der Waals surface area contributed by atoms with E-state index in [-0.39, 0.29) is 30.3 Å². The van der Waals surface area contributed by atoms with Crippen molar-refractivity contribution in [3.05, 3.63) is 35.9 Å². The van der Waals surface area contributed by atoms with Gasteiger partial charge in [0.15, 0.2) is 0 Å². The Labute approximate surface area is 124 Å². The smallest absolute Gasteiger partial charge is 0.233 e. The molecule has 2 aliphatic rings. The predicted molar refractivity (Wildman–Crippen MR) is 78.1 cm³/mol. The molecule has 21 heavy (non-hydrogen) atoms. The zero-order chi connectivity index (χ0) is 15.2. The summed E-state index contributed by atoms with van der Waals surface area (Å²) in [5.41, 5.74) is -0.176. The molecule has 4 nitrogen and oxygen atoms in total. The van der Waals surface area contributed by atoms with E-state index in [1.54, 1.807) is 6.92 Å². The Morgan fingerprint density at radius 2 is 1.67 bits per heavy atom. The van der Waals surface area contributed by atoms with E-state index >= 15 is 0 Å². The Hall–Kier alpha value is -1.68. The minimum absolute atomic E-state index is 0.116. The van der Waals surface area contributed by atoms with Gasteiger partial charge in [0.25, 0.3) is 0 Å². The minimum Gasteiger partial charge on any atom is -0.394 e. The highest BCUT2D eigenvalue weighted by Crippen LogP contribution is 2.46. The molecule has 2 amide bonds. The number of amides is 2. The quantitative estimate of drug-likeness (QED) is 0.864. The van der Waals surface area contributed by atoms with Gasteiger partial charge >= 0.3 is 0 Å². The second kappa shape index (κ2) is 4.95. The van der Waals surface area contributed by atoms with E-state index in [0.29, 0.717) is 5.92 Å². The van der Waals surface area contributed by atoms with Gasteiger partial charge in [0.1, 0.15) is 0 Å². The van der Waals surface area contributed by atoms with Crippen molar-refractivity contribution in [3.63, 3.8) is 0 Å². The van der Waals surface area contributed by atoms with Crippen molar-refractivity contribution >= 4 is 11.8 Å². The van der Waals surface area contributed by atoms with Crippen LogP contribution >= 0.6 is 0 Å². The van der Waals surface area contributed by atoms with Gasteiger partial charge in [0.05, 0.1) is 24.0 Å². The maximum atomic E-state index is 12.7. The van der Waals surface area contributed by atoms with Crippen LogP contribution in [0.2, 0.25) is 0 Å². The van der Waals surface area contributed by atoms with E-state index in [1.165, 1.54) is 4.90 Å². The normalized spacial score (nSPS) is 31.4. The van der Waals surface area contributed by atoms with Crippen molar-refractivity contribution in [3.8, 4) is 0 Å². The Kier molecular flexibility index (Phi) is 3.36. The number of carbonyl (C=O) groups excluding carboxylic acids is 2. The number of hydrogen-bond acceptors (Lipinski definition) is 3. The Balaban J connectivity index is 1.99. The first-order chi connectivity index (χ1) is 9.99. The number of nitrogens with zero attached hydrogens (tertiary/aromatic N) is 1. The molecule has 2 fully saturated rings. The molecule has 1 aliphatic carbocycles. The molecule has 3 rings (SSSR count). The fraction of sp³-hybridized carbons (Fsp3) is 0.529. The summed E-state index contributed by atoms with van der Waals surface area (Å²) in [5, 5.41) is 9.90. The first-order valence-electron chi connectivity index (χ1n) is 7.53. The molecule has 3 unspecified atom stereocenters. The third-order valence-corrected chi connectivity index (χ3v) is 5.07. The molecular weight excluding hydrogens is 266 g/mol. The fourth-order valence-electron chi connectivity index (χ4n) is 3.85. The van der Waals surface area contributed by atoms with Crippen molar-refractivity contribution in [2.45, 2.75) is 32.2 Å². The van der Waals surface area contributed by atoms with Crippen LogP contribution in [0.15, 0.2) is 30.3 Å². The van der Waals surface area contributed by atoms with Crippen molar-refractivity contribution in [2.24, 2.45) is 17.8 Å². The maximum Gasteiger partial charge on any atom is 0.233 e. The average Bonchev–Trinajstić information content (AvgIpc) is 2.98. The number of likely N-dealkylation sites (tertiary alicyclic amines) is 1. The van der Waals surface area contributed by atoms with Crippen LogP contribution in [-0.2, 0) is 15.1 Å². The highest BCUT2D eigenvalue weighted by atomic mass is 16.3. The van der Waals surface area contributed by atoms with Crippen molar-refractivity contribution in [1.29, 1.82) is 0 Å². The third kappa shape index (κ3) is 2.01. The summed E-state index contributed by atoms with van der Waals surface area (Å²) in [6.07, 6.45) is 1.56. The zero-order valence-electron chi connectivity index (χ0n) is 12.5. The Morgan fingerprint density at radius 3 is 2.14 bits per heavy atom. The number of benzene rings is 1. The van der Waals surface area contributed by atoms with Crippen LogP contribution in [-0.4, -0.2) is 28.4 Å². The number of aliphatic hydroxyl groups excluding tert-OH is 1. The molecule has 3 atom stereocenters. The van der Waals surface area contributed by atoms with Gasteiger partial charge in [-0.3, -0.25) is 14.5 Å². The number of imide groups is 1. The highest BCUT2D eigenvalue weighted by Gasteiger charge is 2.56. The average molecular weight is 287 g/mol. The second-order valence-electron chi connectivity index (χ2n) is 6.60. The molecule has 1 aliphatic heterocycles. The highest BCUT2D eigenvalue weighted by molar-refractivity contribution is 6.06. The van der Waals surface area contributed by atoms with E-state index in [4.69, 9.17) is 0 Å². The summed E-state index contributed by atoms with van der Waals surface area (Å²) in [7, 11) is 0.